The summed E-state index contributed by atoms with van der Waals surface area (Å²) < 4.78 is 7.08. The van der Waals surface area contributed by atoms with Crippen molar-refractivity contribution < 1.29 is 9.53 Å². The van der Waals surface area contributed by atoms with Crippen LogP contribution in [0.5, 0.6) is 0 Å². The molecule has 1 unspecified atom stereocenters. The Balaban J connectivity index is 2.12. The van der Waals surface area contributed by atoms with E-state index in [1.807, 2.05) is 27.8 Å². The SMILES string of the molecule is CCCN(C(=O)c1cccn1CCOC)C1CCNC1. The molecule has 1 aromatic heterocycles. The smallest absolute Gasteiger partial charge is 0.270 e. The molecule has 1 atom stereocenters. The lowest BCUT2D eigenvalue weighted by Gasteiger charge is -2.28. The first kappa shape index (κ1) is 15.1. The van der Waals surface area contributed by atoms with Crippen LogP contribution in [0.1, 0.15) is 30.3 Å². The molecule has 0 radical (unpaired) electrons. The van der Waals surface area contributed by atoms with Crippen LogP contribution in [-0.4, -0.2) is 54.8 Å². The van der Waals surface area contributed by atoms with Gasteiger partial charge in [-0.15, -0.1) is 0 Å². The molecule has 1 aromatic rings. The third-order valence-corrected chi connectivity index (χ3v) is 3.79. The van der Waals surface area contributed by atoms with Gasteiger partial charge in [0, 0.05) is 39.0 Å². The van der Waals surface area contributed by atoms with Crippen LogP contribution in [0.3, 0.4) is 0 Å². The summed E-state index contributed by atoms with van der Waals surface area (Å²) in [6.45, 7) is 6.18. The third kappa shape index (κ3) is 3.41. The van der Waals surface area contributed by atoms with E-state index < -0.39 is 0 Å². The monoisotopic (exact) mass is 279 g/mol. The highest BCUT2D eigenvalue weighted by atomic mass is 16.5. The summed E-state index contributed by atoms with van der Waals surface area (Å²) in [5.41, 5.74) is 0.766. The van der Waals surface area contributed by atoms with Gasteiger partial charge in [0.1, 0.15) is 5.69 Å². The van der Waals surface area contributed by atoms with Gasteiger partial charge in [-0.25, -0.2) is 0 Å². The third-order valence-electron chi connectivity index (χ3n) is 3.79. The molecule has 20 heavy (non-hydrogen) atoms. The van der Waals surface area contributed by atoms with Crippen molar-refractivity contribution in [3.8, 4) is 0 Å². The molecular formula is C15H25N3O2. The summed E-state index contributed by atoms with van der Waals surface area (Å²) in [5, 5.41) is 3.34. The van der Waals surface area contributed by atoms with Crippen LogP contribution < -0.4 is 5.32 Å². The van der Waals surface area contributed by atoms with Gasteiger partial charge in [-0.2, -0.15) is 0 Å². The summed E-state index contributed by atoms with van der Waals surface area (Å²) in [7, 11) is 1.68. The number of ether oxygens (including phenoxy) is 1. The minimum atomic E-state index is 0.140. The lowest BCUT2D eigenvalue weighted by molar-refractivity contribution is 0.0678. The number of hydrogen-bond donors (Lipinski definition) is 1. The maximum atomic E-state index is 12.8. The first-order valence-electron chi connectivity index (χ1n) is 7.43. The van der Waals surface area contributed by atoms with Crippen molar-refractivity contribution >= 4 is 5.91 Å². The predicted octanol–water partition coefficient (Wildman–Crippen LogP) is 1.35. The number of hydrogen-bond acceptors (Lipinski definition) is 3. The molecule has 1 aliphatic heterocycles. The molecule has 0 aromatic carbocycles. The second kappa shape index (κ2) is 7.45. The fourth-order valence-corrected chi connectivity index (χ4v) is 2.74. The molecule has 112 valence electrons. The van der Waals surface area contributed by atoms with E-state index in [1.54, 1.807) is 7.11 Å². The molecule has 1 amide bonds. The number of nitrogens with zero attached hydrogens (tertiary/aromatic N) is 2. The van der Waals surface area contributed by atoms with Gasteiger partial charge in [0.25, 0.3) is 5.91 Å². The highest BCUT2D eigenvalue weighted by molar-refractivity contribution is 5.93. The maximum Gasteiger partial charge on any atom is 0.270 e. The quantitative estimate of drug-likeness (QED) is 0.819. The predicted molar refractivity (Wildman–Crippen MR) is 78.9 cm³/mol. The fourth-order valence-electron chi connectivity index (χ4n) is 2.74. The highest BCUT2D eigenvalue weighted by Crippen LogP contribution is 2.15. The van der Waals surface area contributed by atoms with Crippen molar-refractivity contribution in [3.63, 3.8) is 0 Å². The van der Waals surface area contributed by atoms with Crippen LogP contribution in [0.2, 0.25) is 0 Å². The van der Waals surface area contributed by atoms with Gasteiger partial charge in [0.2, 0.25) is 0 Å². The van der Waals surface area contributed by atoms with Crippen molar-refractivity contribution in [2.45, 2.75) is 32.4 Å². The minimum absolute atomic E-state index is 0.140. The number of amides is 1. The van der Waals surface area contributed by atoms with Gasteiger partial charge in [-0.3, -0.25) is 4.79 Å². The fraction of sp³-hybridized carbons (Fsp3) is 0.667. The van der Waals surface area contributed by atoms with Crippen LogP contribution in [0.15, 0.2) is 18.3 Å². The van der Waals surface area contributed by atoms with E-state index in [0.29, 0.717) is 19.2 Å². The van der Waals surface area contributed by atoms with Gasteiger partial charge in [0.15, 0.2) is 0 Å². The molecule has 0 spiro atoms. The summed E-state index contributed by atoms with van der Waals surface area (Å²) in [5.74, 6) is 0.140. The van der Waals surface area contributed by atoms with Gasteiger partial charge < -0.3 is 19.5 Å². The van der Waals surface area contributed by atoms with Crippen molar-refractivity contribution in [3.05, 3.63) is 24.0 Å². The number of nitrogens with one attached hydrogen (secondary N) is 1. The van der Waals surface area contributed by atoms with Gasteiger partial charge in [-0.1, -0.05) is 6.92 Å². The van der Waals surface area contributed by atoms with E-state index >= 15 is 0 Å². The Labute approximate surface area is 120 Å². The number of carbonyl (C=O) groups excluding carboxylic acids is 1. The zero-order valence-corrected chi connectivity index (χ0v) is 12.5. The Bertz CT molecular complexity index is 425. The number of methoxy groups -OCH3 is 1. The Kier molecular flexibility index (Phi) is 5.61. The standard InChI is InChI=1S/C15H25N3O2/c1-3-8-18(13-6-7-16-12-13)15(19)14-5-4-9-17(14)10-11-20-2/h4-5,9,13,16H,3,6-8,10-12H2,1-2H3. The molecule has 0 bridgehead atoms. The zero-order valence-electron chi connectivity index (χ0n) is 12.5. The largest absolute Gasteiger partial charge is 0.383 e. The topological polar surface area (TPSA) is 46.5 Å². The van der Waals surface area contributed by atoms with Crippen molar-refractivity contribution in [2.24, 2.45) is 0 Å². The summed E-state index contributed by atoms with van der Waals surface area (Å²) in [4.78, 5) is 14.8. The van der Waals surface area contributed by atoms with Crippen LogP contribution in [0.4, 0.5) is 0 Å². The molecule has 0 aliphatic carbocycles. The summed E-state index contributed by atoms with van der Waals surface area (Å²) in [6, 6.07) is 4.16. The van der Waals surface area contributed by atoms with Crippen LogP contribution in [0, 0.1) is 0 Å². The van der Waals surface area contributed by atoms with E-state index in [-0.39, 0.29) is 5.91 Å². The Morgan fingerprint density at radius 2 is 2.45 bits per heavy atom. The molecule has 5 heteroatoms. The lowest BCUT2D eigenvalue weighted by Crippen LogP contribution is -2.42. The van der Waals surface area contributed by atoms with Crippen molar-refractivity contribution in [1.82, 2.24) is 14.8 Å². The van der Waals surface area contributed by atoms with Crippen molar-refractivity contribution in [2.75, 3.05) is 33.4 Å². The molecule has 2 rings (SSSR count). The van der Waals surface area contributed by atoms with Crippen LogP contribution in [0.25, 0.3) is 0 Å². The normalized spacial score (nSPS) is 18.4. The molecule has 5 nitrogen and oxygen atoms in total. The molecule has 0 saturated carbocycles. The second-order valence-corrected chi connectivity index (χ2v) is 5.22. The average Bonchev–Trinajstić information content (AvgIpc) is 3.12. The molecule has 1 N–H and O–H groups in total. The van der Waals surface area contributed by atoms with E-state index in [0.717, 1.165) is 38.2 Å². The minimum Gasteiger partial charge on any atom is -0.383 e. The zero-order chi connectivity index (χ0) is 14.4. The molecular weight excluding hydrogens is 254 g/mol. The molecule has 2 heterocycles. The molecule has 1 fully saturated rings. The summed E-state index contributed by atoms with van der Waals surface area (Å²) >= 11 is 0. The average molecular weight is 279 g/mol. The van der Waals surface area contributed by atoms with Gasteiger partial charge in [-0.05, 0) is 31.5 Å². The van der Waals surface area contributed by atoms with Crippen LogP contribution in [-0.2, 0) is 11.3 Å². The Morgan fingerprint density at radius 3 is 3.10 bits per heavy atom. The Hall–Kier alpha value is -1.33. The molecule has 1 saturated heterocycles. The number of carbonyl (C=O) groups is 1. The van der Waals surface area contributed by atoms with E-state index in [2.05, 4.69) is 12.2 Å². The first-order chi connectivity index (χ1) is 9.77. The number of rotatable bonds is 7. The summed E-state index contributed by atoms with van der Waals surface area (Å²) in [6.07, 6.45) is 3.98. The maximum absolute atomic E-state index is 12.8. The van der Waals surface area contributed by atoms with Crippen molar-refractivity contribution in [1.29, 1.82) is 0 Å². The Morgan fingerprint density at radius 1 is 1.60 bits per heavy atom. The lowest BCUT2D eigenvalue weighted by atomic mass is 10.2. The van der Waals surface area contributed by atoms with E-state index in [1.165, 1.54) is 0 Å². The highest BCUT2D eigenvalue weighted by Gasteiger charge is 2.27. The molecule has 1 aliphatic rings. The second-order valence-electron chi connectivity index (χ2n) is 5.22. The first-order valence-corrected chi connectivity index (χ1v) is 7.43. The van der Waals surface area contributed by atoms with Crippen LogP contribution >= 0.6 is 0 Å². The van der Waals surface area contributed by atoms with E-state index in [4.69, 9.17) is 4.74 Å². The number of aromatic nitrogens is 1. The van der Waals surface area contributed by atoms with E-state index in [9.17, 15) is 4.79 Å². The van der Waals surface area contributed by atoms with Gasteiger partial charge >= 0.3 is 0 Å². The van der Waals surface area contributed by atoms with Gasteiger partial charge in [0.05, 0.1) is 6.61 Å².